The zero-order chi connectivity index (χ0) is 38.6. The molecule has 52 heavy (non-hydrogen) atoms. The highest BCUT2D eigenvalue weighted by Crippen LogP contribution is 2.43. The van der Waals surface area contributed by atoms with Crippen molar-refractivity contribution in [3.8, 4) is 0 Å². The molecule has 0 radical (unpaired) electrons. The van der Waals surface area contributed by atoms with Gasteiger partial charge in [0.1, 0.15) is 13.2 Å². The third-order valence-electron chi connectivity index (χ3n) is 9.05. The van der Waals surface area contributed by atoms with Crippen molar-refractivity contribution in [2.45, 2.75) is 180 Å². The highest BCUT2D eigenvalue weighted by molar-refractivity contribution is 7.47. The van der Waals surface area contributed by atoms with Gasteiger partial charge in [-0.2, -0.15) is 0 Å². The minimum Gasteiger partial charge on any atom is -0.387 e. The summed E-state index contributed by atoms with van der Waals surface area (Å²) in [5.74, 6) is -0.195. The minimum atomic E-state index is -4.34. The van der Waals surface area contributed by atoms with Crippen LogP contribution in [0.25, 0.3) is 0 Å². The Morgan fingerprint density at radius 2 is 1.12 bits per heavy atom. The van der Waals surface area contributed by atoms with Gasteiger partial charge in [-0.3, -0.25) is 13.8 Å². The zero-order valence-corrected chi connectivity index (χ0v) is 35.2. The fourth-order valence-electron chi connectivity index (χ4n) is 5.63. The van der Waals surface area contributed by atoms with Crippen LogP contribution in [-0.2, 0) is 18.4 Å². The van der Waals surface area contributed by atoms with Crippen molar-refractivity contribution in [3.63, 3.8) is 0 Å². The number of aliphatic hydroxyl groups excluding tert-OH is 1. The number of nitrogens with one attached hydrogen (secondary N) is 1. The van der Waals surface area contributed by atoms with Gasteiger partial charge in [0.25, 0.3) is 0 Å². The monoisotopic (exact) mass is 754 g/mol. The van der Waals surface area contributed by atoms with Crippen LogP contribution in [0.1, 0.15) is 168 Å². The quantitative estimate of drug-likeness (QED) is 0.0192. The second-order valence-electron chi connectivity index (χ2n) is 15.4. The molecule has 3 unspecified atom stereocenters. The number of unbranched alkanes of at least 4 members (excludes halogenated alkanes) is 19. The van der Waals surface area contributed by atoms with Crippen LogP contribution in [0.4, 0.5) is 0 Å². The van der Waals surface area contributed by atoms with Gasteiger partial charge in [0.05, 0.1) is 39.9 Å². The Balaban J connectivity index is 4.43. The van der Waals surface area contributed by atoms with E-state index in [1.54, 1.807) is 6.08 Å². The molecule has 8 nitrogen and oxygen atoms in total. The molecule has 0 aliphatic heterocycles. The first-order valence-electron chi connectivity index (χ1n) is 21.0. The second kappa shape index (κ2) is 35.2. The van der Waals surface area contributed by atoms with Crippen LogP contribution in [-0.4, -0.2) is 73.4 Å². The zero-order valence-electron chi connectivity index (χ0n) is 34.3. The number of likely N-dealkylation sites (N-methyl/N-ethyl adjacent to an activating group) is 1. The molecule has 3 N–H and O–H groups in total. The third-order valence-corrected chi connectivity index (χ3v) is 10.0. The average Bonchev–Trinajstić information content (AvgIpc) is 3.09. The average molecular weight is 754 g/mol. The van der Waals surface area contributed by atoms with E-state index < -0.39 is 20.0 Å². The van der Waals surface area contributed by atoms with Crippen LogP contribution >= 0.6 is 7.82 Å². The largest absolute Gasteiger partial charge is 0.472 e. The number of allylic oxidation sites excluding steroid dienone is 7. The van der Waals surface area contributed by atoms with Crippen LogP contribution in [0, 0.1) is 0 Å². The number of quaternary nitrogens is 1. The summed E-state index contributed by atoms with van der Waals surface area (Å²) >= 11 is 0. The number of phosphoric acid groups is 1. The fourth-order valence-corrected chi connectivity index (χ4v) is 6.37. The number of hydrogen-bond donors (Lipinski definition) is 3. The van der Waals surface area contributed by atoms with Gasteiger partial charge >= 0.3 is 7.82 Å². The number of carbonyl (C=O) groups excluding carboxylic acids is 1. The lowest BCUT2D eigenvalue weighted by atomic mass is 10.0. The summed E-state index contributed by atoms with van der Waals surface area (Å²) in [6.45, 7) is 4.72. The van der Waals surface area contributed by atoms with Gasteiger partial charge in [-0.25, -0.2) is 4.57 Å². The third kappa shape index (κ3) is 36.8. The molecule has 0 aliphatic rings. The summed E-state index contributed by atoms with van der Waals surface area (Å²) in [6.07, 6.45) is 43.2. The molecule has 0 saturated carbocycles. The van der Waals surface area contributed by atoms with Gasteiger partial charge in [0, 0.05) is 6.42 Å². The molecular formula is C43H82N2O6P+. The van der Waals surface area contributed by atoms with E-state index in [-0.39, 0.29) is 19.1 Å². The van der Waals surface area contributed by atoms with Crippen LogP contribution in [0.5, 0.6) is 0 Å². The lowest BCUT2D eigenvalue weighted by Crippen LogP contribution is -2.45. The van der Waals surface area contributed by atoms with Crippen molar-refractivity contribution in [3.05, 3.63) is 48.6 Å². The van der Waals surface area contributed by atoms with E-state index >= 15 is 0 Å². The van der Waals surface area contributed by atoms with Gasteiger partial charge in [0.15, 0.2) is 0 Å². The van der Waals surface area contributed by atoms with E-state index in [0.717, 1.165) is 38.5 Å². The van der Waals surface area contributed by atoms with Crippen molar-refractivity contribution in [2.24, 2.45) is 0 Å². The van der Waals surface area contributed by atoms with Gasteiger partial charge in [-0.05, 0) is 57.8 Å². The van der Waals surface area contributed by atoms with E-state index in [0.29, 0.717) is 17.4 Å². The topological polar surface area (TPSA) is 105 Å². The summed E-state index contributed by atoms with van der Waals surface area (Å²) in [5.41, 5.74) is 0. The predicted molar refractivity (Wildman–Crippen MR) is 221 cm³/mol. The molecule has 1 amide bonds. The van der Waals surface area contributed by atoms with Crippen LogP contribution in [0.2, 0.25) is 0 Å². The molecule has 0 rings (SSSR count). The SMILES string of the molecule is CCCCC/C=C\C=C/CCCCCCCCCCCCC(=O)NC(COP(=O)(O)OCC[N+](C)(C)C)C(O)/C=C/CC/C=C/CCCCCCC. The molecule has 0 aromatic carbocycles. The Morgan fingerprint density at radius 1 is 0.654 bits per heavy atom. The number of amides is 1. The number of aliphatic hydroxyl groups is 1. The van der Waals surface area contributed by atoms with E-state index in [1.807, 2.05) is 27.2 Å². The smallest absolute Gasteiger partial charge is 0.387 e. The first-order chi connectivity index (χ1) is 25.0. The molecular weight excluding hydrogens is 671 g/mol. The summed E-state index contributed by atoms with van der Waals surface area (Å²) in [6, 6.07) is -0.863. The highest BCUT2D eigenvalue weighted by Gasteiger charge is 2.27. The van der Waals surface area contributed by atoms with Gasteiger partial charge < -0.3 is 19.8 Å². The van der Waals surface area contributed by atoms with Crippen LogP contribution in [0.3, 0.4) is 0 Å². The van der Waals surface area contributed by atoms with Crippen molar-refractivity contribution >= 4 is 13.7 Å². The normalized spacial score (nSPS) is 15.0. The van der Waals surface area contributed by atoms with Crippen molar-refractivity contribution in [2.75, 3.05) is 40.9 Å². The first-order valence-corrected chi connectivity index (χ1v) is 22.5. The summed E-state index contributed by atoms with van der Waals surface area (Å²) in [7, 11) is 1.54. The van der Waals surface area contributed by atoms with E-state index in [1.165, 1.54) is 109 Å². The highest BCUT2D eigenvalue weighted by atomic mass is 31.2. The summed E-state index contributed by atoms with van der Waals surface area (Å²) in [5, 5.41) is 13.7. The van der Waals surface area contributed by atoms with E-state index in [2.05, 4.69) is 55.6 Å². The summed E-state index contributed by atoms with van der Waals surface area (Å²) < 4.78 is 23.5. The molecule has 0 aliphatic carbocycles. The van der Waals surface area contributed by atoms with Crippen LogP contribution < -0.4 is 5.32 Å². The Hall–Kier alpha value is -1.54. The molecule has 9 heteroatoms. The van der Waals surface area contributed by atoms with Crippen molar-refractivity contribution in [1.29, 1.82) is 0 Å². The number of hydrogen-bond acceptors (Lipinski definition) is 5. The number of phosphoric ester groups is 1. The molecule has 0 aromatic rings. The number of nitrogens with zero attached hydrogens (tertiary/aromatic N) is 1. The lowest BCUT2D eigenvalue weighted by Gasteiger charge is -2.25. The minimum absolute atomic E-state index is 0.0540. The maximum absolute atomic E-state index is 12.8. The summed E-state index contributed by atoms with van der Waals surface area (Å²) in [4.78, 5) is 23.0. The molecule has 0 aromatic heterocycles. The lowest BCUT2D eigenvalue weighted by molar-refractivity contribution is -0.870. The van der Waals surface area contributed by atoms with Gasteiger partial charge in [-0.1, -0.05) is 152 Å². The van der Waals surface area contributed by atoms with Crippen molar-refractivity contribution in [1.82, 2.24) is 5.32 Å². The molecule has 0 fully saturated rings. The fraction of sp³-hybridized carbons (Fsp3) is 0.791. The Bertz CT molecular complexity index is 991. The van der Waals surface area contributed by atoms with Crippen LogP contribution in [0.15, 0.2) is 48.6 Å². The number of carbonyl (C=O) groups is 1. The van der Waals surface area contributed by atoms with Crippen molar-refractivity contribution < 1.29 is 32.9 Å². The molecule has 0 saturated heterocycles. The van der Waals surface area contributed by atoms with E-state index in [4.69, 9.17) is 9.05 Å². The Labute approximate surface area is 320 Å². The molecule has 3 atom stereocenters. The maximum atomic E-state index is 12.8. The second-order valence-corrected chi connectivity index (χ2v) is 16.8. The number of rotatable bonds is 37. The maximum Gasteiger partial charge on any atom is 0.472 e. The molecule has 0 heterocycles. The molecule has 0 spiro atoms. The molecule has 304 valence electrons. The Kier molecular flexibility index (Phi) is 34.1. The predicted octanol–water partition coefficient (Wildman–Crippen LogP) is 11.3. The Morgan fingerprint density at radius 3 is 1.69 bits per heavy atom. The van der Waals surface area contributed by atoms with Gasteiger partial charge in [-0.15, -0.1) is 0 Å². The van der Waals surface area contributed by atoms with E-state index in [9.17, 15) is 19.4 Å². The first kappa shape index (κ1) is 50.5. The molecule has 0 bridgehead atoms. The standard InChI is InChI=1S/C43H81N2O6P/c1-6-8-10-12-14-16-18-19-20-21-22-23-24-25-27-29-31-33-35-37-43(47)44-41(40-51-52(48,49)50-39-38-45(3,4)5)42(46)36-34-32-30-28-26-17-15-13-11-9-7-2/h14,16,18-19,26,28,34,36,41-42,46H,6-13,15,17,20-25,27,29-33,35,37-40H2,1-5H3,(H-,44,47,48,49)/p+1/b16-14-,19-18-,28-26+,36-34+. The van der Waals surface area contributed by atoms with Gasteiger partial charge in [0.2, 0.25) is 5.91 Å².